The van der Waals surface area contributed by atoms with Gasteiger partial charge in [0.1, 0.15) is 41.7 Å². The third-order valence-electron chi connectivity index (χ3n) is 10.3. The predicted molar refractivity (Wildman–Crippen MR) is 226 cm³/mol. The van der Waals surface area contributed by atoms with Gasteiger partial charge in [-0.15, -0.1) is 0 Å². The molecule has 0 spiro atoms. The lowest BCUT2D eigenvalue weighted by Gasteiger charge is -2.29. The molecular weight excluding hydrogens is 803 g/mol. The standard InChI is InChI=1S/C43H57N9O10/c1-25(48-40(59)32(45)19-27-10-14-29(53)15-11-27)39(58)51-34(20-26-7-3-2-4-8-26)41(60)47-23-37(56)49-35(21-28-12-16-30(54)17-13-28)43(62)52-24-31(55)22-36(52)42(61)50-33(38(46)57)9-5-6-18-44/h2-4,7-8,10-17,25,31-36,53-55H,5-6,9,18-24,44-45H2,1H3,(H2,46,57)(H,47,60)(H,48,59)(H,49,56)(H,50,61)(H,51,58)/t25-,31-,32+,33+,34+,35+,36+/m1/s1. The Morgan fingerprint density at radius 2 is 1.29 bits per heavy atom. The van der Waals surface area contributed by atoms with E-state index in [0.29, 0.717) is 36.1 Å². The van der Waals surface area contributed by atoms with Gasteiger partial charge in [-0.05, 0) is 80.1 Å². The lowest BCUT2D eigenvalue weighted by atomic mass is 10.0. The highest BCUT2D eigenvalue weighted by atomic mass is 16.3. The molecule has 1 aliphatic heterocycles. The zero-order valence-electron chi connectivity index (χ0n) is 34.5. The molecule has 1 saturated heterocycles. The number of amides is 7. The highest BCUT2D eigenvalue weighted by Gasteiger charge is 2.42. The molecule has 0 bridgehead atoms. The van der Waals surface area contributed by atoms with Crippen LogP contribution in [0.4, 0.5) is 0 Å². The van der Waals surface area contributed by atoms with Gasteiger partial charge in [-0.2, -0.15) is 0 Å². The fraction of sp³-hybridized carbons (Fsp3) is 0.419. The molecule has 7 atom stereocenters. The molecule has 62 heavy (non-hydrogen) atoms. The molecule has 19 nitrogen and oxygen atoms in total. The summed E-state index contributed by atoms with van der Waals surface area (Å²) in [6, 6.07) is 13.8. The van der Waals surface area contributed by atoms with Gasteiger partial charge in [0.25, 0.3) is 0 Å². The maximum atomic E-state index is 14.2. The van der Waals surface area contributed by atoms with E-state index in [1.807, 2.05) is 0 Å². The van der Waals surface area contributed by atoms with Crippen molar-refractivity contribution in [2.75, 3.05) is 19.6 Å². The monoisotopic (exact) mass is 859 g/mol. The topological polar surface area (TPSA) is 322 Å². The second-order valence-corrected chi connectivity index (χ2v) is 15.3. The molecule has 0 aliphatic carbocycles. The SMILES string of the molecule is C[C@@H](NC(=O)[C@@H](N)Cc1ccc(O)cc1)C(=O)N[C@@H](Cc1ccccc1)C(=O)NCC(=O)N[C@@H](Cc1ccc(O)cc1)C(=O)N1C[C@H](O)C[C@H]1C(=O)N[C@@H](CCCCN)C(N)=O. The Morgan fingerprint density at radius 1 is 0.710 bits per heavy atom. The van der Waals surface area contributed by atoms with E-state index < -0.39 is 90.3 Å². The molecule has 3 aromatic rings. The Hall–Kier alpha value is -6.57. The second-order valence-electron chi connectivity index (χ2n) is 15.3. The first-order valence-corrected chi connectivity index (χ1v) is 20.4. The number of aliphatic hydroxyl groups is 1. The van der Waals surface area contributed by atoms with E-state index in [0.717, 1.165) is 4.90 Å². The van der Waals surface area contributed by atoms with Crippen LogP contribution in [0.3, 0.4) is 0 Å². The first kappa shape index (κ1) is 48.1. The maximum Gasteiger partial charge on any atom is 0.246 e. The lowest BCUT2D eigenvalue weighted by Crippen LogP contribution is -2.58. The number of phenols is 2. The maximum absolute atomic E-state index is 14.2. The van der Waals surface area contributed by atoms with Gasteiger partial charge in [-0.1, -0.05) is 54.6 Å². The molecule has 0 aromatic heterocycles. The van der Waals surface area contributed by atoms with Crippen molar-refractivity contribution in [2.24, 2.45) is 17.2 Å². The smallest absolute Gasteiger partial charge is 0.246 e. The summed E-state index contributed by atoms with van der Waals surface area (Å²) < 4.78 is 0. The first-order valence-electron chi connectivity index (χ1n) is 20.4. The number of likely N-dealkylation sites (tertiary alicyclic amines) is 1. The predicted octanol–water partition coefficient (Wildman–Crippen LogP) is -1.90. The molecule has 1 heterocycles. The summed E-state index contributed by atoms with van der Waals surface area (Å²) >= 11 is 0. The number of β-amino-alcohol motifs (C(OH)–C–C–N with tert-alkyl or cyclic N) is 1. The number of phenolic OH excluding ortho intramolecular Hbond substituents is 2. The summed E-state index contributed by atoms with van der Waals surface area (Å²) in [5.74, 6) is -5.11. The van der Waals surface area contributed by atoms with Crippen LogP contribution in [0.1, 0.15) is 49.3 Å². The molecule has 0 unspecified atom stereocenters. The van der Waals surface area contributed by atoms with Gasteiger partial charge in [0.05, 0.1) is 18.7 Å². The first-order chi connectivity index (χ1) is 29.5. The van der Waals surface area contributed by atoms with Gasteiger partial charge in [-0.3, -0.25) is 33.6 Å². The highest BCUT2D eigenvalue weighted by molar-refractivity contribution is 5.96. The minimum atomic E-state index is -1.33. The van der Waals surface area contributed by atoms with Gasteiger partial charge < -0.3 is 64.0 Å². The fourth-order valence-electron chi connectivity index (χ4n) is 6.88. The molecule has 4 rings (SSSR count). The number of hydrogen-bond acceptors (Lipinski definition) is 12. The number of aromatic hydroxyl groups is 2. The van der Waals surface area contributed by atoms with E-state index in [9.17, 15) is 48.9 Å². The van der Waals surface area contributed by atoms with Crippen molar-refractivity contribution in [3.05, 3.63) is 95.6 Å². The lowest BCUT2D eigenvalue weighted by molar-refractivity contribution is -0.142. The molecule has 0 radical (unpaired) electrons. The van der Waals surface area contributed by atoms with Crippen LogP contribution in [0, 0.1) is 0 Å². The number of nitrogens with one attached hydrogen (secondary N) is 5. The third-order valence-corrected chi connectivity index (χ3v) is 10.3. The van der Waals surface area contributed by atoms with Crippen LogP contribution in [-0.4, -0.2) is 124 Å². The molecule has 1 fully saturated rings. The summed E-state index contributed by atoms with van der Waals surface area (Å²) in [6.45, 7) is 0.895. The fourth-order valence-corrected chi connectivity index (χ4v) is 6.88. The number of nitrogens with two attached hydrogens (primary N) is 3. The molecule has 19 heteroatoms. The van der Waals surface area contributed by atoms with Crippen molar-refractivity contribution in [3.63, 3.8) is 0 Å². The van der Waals surface area contributed by atoms with E-state index in [-0.39, 0.29) is 50.1 Å². The van der Waals surface area contributed by atoms with Gasteiger partial charge in [0, 0.05) is 25.8 Å². The number of primary amides is 1. The quantitative estimate of drug-likeness (QED) is 0.0494. The highest BCUT2D eigenvalue weighted by Crippen LogP contribution is 2.22. The van der Waals surface area contributed by atoms with Crippen LogP contribution >= 0.6 is 0 Å². The van der Waals surface area contributed by atoms with Gasteiger partial charge in [0.2, 0.25) is 41.4 Å². The average molecular weight is 860 g/mol. The van der Waals surface area contributed by atoms with Crippen molar-refractivity contribution in [1.29, 1.82) is 0 Å². The molecule has 3 aromatic carbocycles. The molecule has 7 amide bonds. The molecular formula is C43H57N9O10. The molecule has 334 valence electrons. The molecule has 1 aliphatic rings. The summed E-state index contributed by atoms with van der Waals surface area (Å²) in [6.07, 6.45) is 0.0942. The van der Waals surface area contributed by atoms with E-state index in [2.05, 4.69) is 26.6 Å². The van der Waals surface area contributed by atoms with E-state index in [4.69, 9.17) is 17.2 Å². The van der Waals surface area contributed by atoms with Gasteiger partial charge in [0.15, 0.2) is 0 Å². The Morgan fingerprint density at radius 3 is 1.89 bits per heavy atom. The minimum Gasteiger partial charge on any atom is -0.508 e. The van der Waals surface area contributed by atoms with Crippen molar-refractivity contribution >= 4 is 41.4 Å². The zero-order chi connectivity index (χ0) is 45.3. The number of aliphatic hydroxyl groups excluding tert-OH is 1. The van der Waals surface area contributed by atoms with E-state index in [1.54, 1.807) is 42.5 Å². The van der Waals surface area contributed by atoms with Crippen LogP contribution in [0.2, 0.25) is 0 Å². The average Bonchev–Trinajstić information content (AvgIpc) is 3.65. The molecule has 14 N–H and O–H groups in total. The van der Waals surface area contributed by atoms with Crippen LogP contribution in [0.5, 0.6) is 11.5 Å². The minimum absolute atomic E-state index is 0.00734. The Bertz CT molecular complexity index is 2000. The number of carbonyl (C=O) groups excluding carboxylic acids is 7. The van der Waals surface area contributed by atoms with Gasteiger partial charge >= 0.3 is 0 Å². The zero-order valence-corrected chi connectivity index (χ0v) is 34.5. The number of rotatable bonds is 22. The Balaban J connectivity index is 1.44. The number of nitrogens with zero attached hydrogens (tertiary/aromatic N) is 1. The number of unbranched alkanes of at least 4 members (excludes halogenated alkanes) is 1. The van der Waals surface area contributed by atoms with Crippen LogP contribution < -0.4 is 43.8 Å². The number of benzene rings is 3. The van der Waals surface area contributed by atoms with Gasteiger partial charge in [-0.25, -0.2) is 0 Å². The summed E-state index contributed by atoms with van der Waals surface area (Å²) in [5.41, 5.74) is 19.0. The van der Waals surface area contributed by atoms with E-state index >= 15 is 0 Å². The summed E-state index contributed by atoms with van der Waals surface area (Å²) in [4.78, 5) is 94.3. The van der Waals surface area contributed by atoms with Crippen LogP contribution in [0.15, 0.2) is 78.9 Å². The van der Waals surface area contributed by atoms with Crippen LogP contribution in [0.25, 0.3) is 0 Å². The third kappa shape index (κ3) is 14.9. The van der Waals surface area contributed by atoms with Crippen molar-refractivity contribution in [3.8, 4) is 11.5 Å². The molecule has 0 saturated carbocycles. The number of carbonyl (C=O) groups is 7. The second kappa shape index (κ2) is 23.4. The number of hydrogen-bond donors (Lipinski definition) is 11. The Labute approximate surface area is 359 Å². The van der Waals surface area contributed by atoms with Crippen molar-refractivity contribution in [2.45, 2.75) is 94.2 Å². The largest absolute Gasteiger partial charge is 0.508 e. The van der Waals surface area contributed by atoms with Crippen LogP contribution in [-0.2, 0) is 52.8 Å². The summed E-state index contributed by atoms with van der Waals surface area (Å²) in [7, 11) is 0. The van der Waals surface area contributed by atoms with Crippen molar-refractivity contribution < 1.29 is 48.9 Å². The van der Waals surface area contributed by atoms with E-state index in [1.165, 1.54) is 43.3 Å². The summed E-state index contributed by atoms with van der Waals surface area (Å²) in [5, 5.41) is 42.8. The normalized spacial score (nSPS) is 17.1. The van der Waals surface area contributed by atoms with Crippen molar-refractivity contribution in [1.82, 2.24) is 31.5 Å². The Kier molecular flexibility index (Phi) is 18.2.